The molecule has 0 aliphatic carbocycles. The van der Waals surface area contributed by atoms with Gasteiger partial charge in [0.15, 0.2) is 6.61 Å². The molecule has 0 saturated carbocycles. The van der Waals surface area contributed by atoms with E-state index >= 15 is 0 Å². The van der Waals surface area contributed by atoms with Gasteiger partial charge in [-0.3, -0.25) is 9.59 Å². The number of nitrogens with one attached hydrogen (secondary N) is 1. The summed E-state index contributed by atoms with van der Waals surface area (Å²) in [5, 5.41) is 2.76. The summed E-state index contributed by atoms with van der Waals surface area (Å²) in [7, 11) is 1.59. The molecule has 154 valence electrons. The highest BCUT2D eigenvalue weighted by molar-refractivity contribution is 6.06. The molecule has 0 aliphatic rings. The number of rotatable bonds is 8. The summed E-state index contributed by atoms with van der Waals surface area (Å²) >= 11 is 0. The Kier molecular flexibility index (Phi) is 7.05. The molecule has 0 aromatic heterocycles. The number of hydrogen-bond acceptors (Lipinski definition) is 4. The number of methoxy groups -OCH3 is 1. The van der Waals surface area contributed by atoms with Crippen molar-refractivity contribution in [2.24, 2.45) is 0 Å². The van der Waals surface area contributed by atoms with Crippen LogP contribution >= 0.6 is 0 Å². The fraction of sp³-hybridized carbons (Fsp3) is 0.167. The average Bonchev–Trinajstić information content (AvgIpc) is 2.79. The molecule has 3 aromatic rings. The third-order valence-corrected chi connectivity index (χ3v) is 4.47. The van der Waals surface area contributed by atoms with E-state index in [1.807, 2.05) is 37.3 Å². The van der Waals surface area contributed by atoms with E-state index in [0.29, 0.717) is 23.5 Å². The molecule has 2 amide bonds. The summed E-state index contributed by atoms with van der Waals surface area (Å²) in [4.78, 5) is 26.7. The van der Waals surface area contributed by atoms with Crippen LogP contribution in [-0.4, -0.2) is 32.1 Å². The van der Waals surface area contributed by atoms with E-state index in [9.17, 15) is 9.59 Å². The van der Waals surface area contributed by atoms with Gasteiger partial charge in [0.2, 0.25) is 0 Å². The molecular weight excluding hydrogens is 380 g/mol. The average molecular weight is 404 g/mol. The molecule has 0 spiro atoms. The molecule has 3 rings (SSSR count). The maximum Gasteiger partial charge on any atom is 0.262 e. The van der Waals surface area contributed by atoms with Gasteiger partial charge in [0, 0.05) is 23.5 Å². The molecular formula is C24H24N2O4. The third kappa shape index (κ3) is 5.38. The van der Waals surface area contributed by atoms with Crippen LogP contribution in [-0.2, 0) is 4.79 Å². The first kappa shape index (κ1) is 20.9. The first-order valence-electron chi connectivity index (χ1n) is 9.64. The lowest BCUT2D eigenvalue weighted by Gasteiger charge is -2.21. The summed E-state index contributed by atoms with van der Waals surface area (Å²) in [6, 6.07) is 23.3. The second-order valence-corrected chi connectivity index (χ2v) is 6.47. The lowest BCUT2D eigenvalue weighted by atomic mass is 10.1. The molecule has 0 aliphatic heterocycles. The molecule has 0 fully saturated rings. The molecule has 6 nitrogen and oxygen atoms in total. The predicted molar refractivity (Wildman–Crippen MR) is 117 cm³/mol. The monoisotopic (exact) mass is 404 g/mol. The van der Waals surface area contributed by atoms with Gasteiger partial charge in [0.1, 0.15) is 11.5 Å². The van der Waals surface area contributed by atoms with Crippen molar-refractivity contribution in [1.29, 1.82) is 0 Å². The lowest BCUT2D eigenvalue weighted by molar-refractivity contribution is -0.118. The van der Waals surface area contributed by atoms with Gasteiger partial charge < -0.3 is 19.7 Å². The minimum absolute atomic E-state index is 0.0931. The molecule has 0 atom stereocenters. The van der Waals surface area contributed by atoms with Gasteiger partial charge in [-0.1, -0.05) is 18.2 Å². The van der Waals surface area contributed by atoms with Crippen LogP contribution in [0, 0.1) is 0 Å². The second-order valence-electron chi connectivity index (χ2n) is 6.47. The Bertz CT molecular complexity index is 970. The van der Waals surface area contributed by atoms with Gasteiger partial charge in [0.25, 0.3) is 11.8 Å². The summed E-state index contributed by atoms with van der Waals surface area (Å²) in [6.45, 7) is 2.37. The van der Waals surface area contributed by atoms with Crippen molar-refractivity contribution >= 4 is 23.2 Å². The predicted octanol–water partition coefficient (Wildman–Crippen LogP) is 4.38. The van der Waals surface area contributed by atoms with Crippen LogP contribution in [0.5, 0.6) is 11.5 Å². The fourth-order valence-corrected chi connectivity index (χ4v) is 2.92. The number of carbonyl (C=O) groups excluding carboxylic acids is 2. The summed E-state index contributed by atoms with van der Waals surface area (Å²) < 4.78 is 10.6. The number of para-hydroxylation sites is 1. The normalized spacial score (nSPS) is 10.2. The van der Waals surface area contributed by atoms with Gasteiger partial charge in [-0.15, -0.1) is 0 Å². The third-order valence-electron chi connectivity index (χ3n) is 4.47. The van der Waals surface area contributed by atoms with Crippen molar-refractivity contribution in [3.63, 3.8) is 0 Å². The van der Waals surface area contributed by atoms with Crippen LogP contribution in [0.2, 0.25) is 0 Å². The summed E-state index contributed by atoms with van der Waals surface area (Å²) in [6.07, 6.45) is 0. The van der Waals surface area contributed by atoms with Crippen LogP contribution < -0.4 is 19.7 Å². The standard InChI is InChI=1S/C24H24N2O4/c1-3-26(20-7-5-4-6-8-20)24(28)18-9-11-19(12-10-18)25-23(27)17-30-22-15-13-21(29-2)14-16-22/h4-16H,3,17H2,1-2H3,(H,25,27). The number of nitrogens with zero attached hydrogens (tertiary/aromatic N) is 1. The highest BCUT2D eigenvalue weighted by Crippen LogP contribution is 2.19. The zero-order chi connectivity index (χ0) is 21.3. The van der Waals surface area contributed by atoms with Crippen molar-refractivity contribution in [2.45, 2.75) is 6.92 Å². The molecule has 0 bridgehead atoms. The van der Waals surface area contributed by atoms with Crippen molar-refractivity contribution in [2.75, 3.05) is 30.5 Å². The first-order valence-corrected chi connectivity index (χ1v) is 9.64. The minimum atomic E-state index is -0.288. The number of carbonyl (C=O) groups is 2. The Labute approximate surface area is 176 Å². The number of benzene rings is 3. The molecule has 30 heavy (non-hydrogen) atoms. The van der Waals surface area contributed by atoms with Gasteiger partial charge in [-0.2, -0.15) is 0 Å². The minimum Gasteiger partial charge on any atom is -0.497 e. The van der Waals surface area contributed by atoms with E-state index in [0.717, 1.165) is 11.4 Å². The Morgan fingerprint density at radius 1 is 0.867 bits per heavy atom. The van der Waals surface area contributed by atoms with E-state index < -0.39 is 0 Å². The molecule has 0 unspecified atom stereocenters. The summed E-state index contributed by atoms with van der Waals surface area (Å²) in [5.41, 5.74) is 1.99. The van der Waals surface area contributed by atoms with E-state index in [1.165, 1.54) is 0 Å². The van der Waals surface area contributed by atoms with Gasteiger partial charge >= 0.3 is 0 Å². The van der Waals surface area contributed by atoms with Crippen LogP contribution in [0.15, 0.2) is 78.9 Å². The van der Waals surface area contributed by atoms with Crippen LogP contribution in [0.1, 0.15) is 17.3 Å². The maximum absolute atomic E-state index is 12.8. The van der Waals surface area contributed by atoms with Crippen LogP contribution in [0.25, 0.3) is 0 Å². The smallest absolute Gasteiger partial charge is 0.262 e. The molecule has 6 heteroatoms. The van der Waals surface area contributed by atoms with Crippen molar-refractivity contribution in [3.05, 3.63) is 84.4 Å². The van der Waals surface area contributed by atoms with Gasteiger partial charge in [-0.25, -0.2) is 0 Å². The van der Waals surface area contributed by atoms with Crippen molar-refractivity contribution < 1.29 is 19.1 Å². The van der Waals surface area contributed by atoms with Crippen molar-refractivity contribution in [1.82, 2.24) is 0 Å². The highest BCUT2D eigenvalue weighted by Gasteiger charge is 2.16. The molecule has 3 aromatic carbocycles. The Morgan fingerprint density at radius 2 is 1.50 bits per heavy atom. The fourth-order valence-electron chi connectivity index (χ4n) is 2.92. The molecule has 0 saturated heterocycles. The first-order chi connectivity index (χ1) is 14.6. The van der Waals surface area contributed by atoms with E-state index in [2.05, 4.69) is 5.32 Å². The zero-order valence-electron chi connectivity index (χ0n) is 17.0. The molecule has 0 radical (unpaired) electrons. The number of ether oxygens (including phenoxy) is 2. The largest absolute Gasteiger partial charge is 0.497 e. The summed E-state index contributed by atoms with van der Waals surface area (Å²) in [5.74, 6) is 0.914. The highest BCUT2D eigenvalue weighted by atomic mass is 16.5. The topological polar surface area (TPSA) is 67.9 Å². The van der Waals surface area contributed by atoms with E-state index in [1.54, 1.807) is 60.5 Å². The van der Waals surface area contributed by atoms with Gasteiger partial charge in [0.05, 0.1) is 7.11 Å². The van der Waals surface area contributed by atoms with Crippen LogP contribution in [0.3, 0.4) is 0 Å². The van der Waals surface area contributed by atoms with Crippen molar-refractivity contribution in [3.8, 4) is 11.5 Å². The molecule has 1 N–H and O–H groups in total. The zero-order valence-corrected chi connectivity index (χ0v) is 17.0. The van der Waals surface area contributed by atoms with E-state index in [-0.39, 0.29) is 18.4 Å². The second kappa shape index (κ2) is 10.1. The maximum atomic E-state index is 12.8. The number of amides is 2. The molecule has 0 heterocycles. The lowest BCUT2D eigenvalue weighted by Crippen LogP contribution is -2.30. The number of hydrogen-bond donors (Lipinski definition) is 1. The quantitative estimate of drug-likeness (QED) is 0.605. The Balaban J connectivity index is 1.56. The van der Waals surface area contributed by atoms with E-state index in [4.69, 9.17) is 9.47 Å². The van der Waals surface area contributed by atoms with Crippen LogP contribution in [0.4, 0.5) is 11.4 Å². The van der Waals surface area contributed by atoms with Gasteiger partial charge in [-0.05, 0) is 67.6 Å². The SMILES string of the molecule is CCN(C(=O)c1ccc(NC(=O)COc2ccc(OC)cc2)cc1)c1ccccc1. The Morgan fingerprint density at radius 3 is 2.10 bits per heavy atom. The number of anilines is 2. The Hall–Kier alpha value is -3.80.